The molecule has 0 aromatic carbocycles. The van der Waals surface area contributed by atoms with Crippen LogP contribution in [0.1, 0.15) is 6.92 Å². The third-order valence-corrected chi connectivity index (χ3v) is 1.59. The normalized spacial score (nSPS) is 39.0. The zero-order chi connectivity index (χ0) is 6.85. The molecule has 0 saturated carbocycles. The largest absolute Gasteiger partial charge is 0.350 e. The summed E-state index contributed by atoms with van der Waals surface area (Å²) in [5.41, 5.74) is 5.54. The topological polar surface area (TPSA) is 38.5 Å². The molecule has 2 N–H and O–H groups in total. The Hall–Kier alpha value is -0.120. The molecule has 9 heavy (non-hydrogen) atoms. The van der Waals surface area contributed by atoms with E-state index in [2.05, 4.69) is 6.92 Å². The van der Waals surface area contributed by atoms with Gasteiger partial charge in [0.15, 0.2) is 6.35 Å². The van der Waals surface area contributed by atoms with Gasteiger partial charge in [-0.25, -0.2) is 0 Å². The Labute approximate surface area is 55.8 Å². The van der Waals surface area contributed by atoms with Crippen molar-refractivity contribution >= 4 is 0 Å². The SMILES string of the molecule is C[C@H]1CO[C@H](N)N(C)C1. The van der Waals surface area contributed by atoms with Gasteiger partial charge in [0, 0.05) is 6.54 Å². The first-order valence-electron chi connectivity index (χ1n) is 3.27. The van der Waals surface area contributed by atoms with Crippen LogP contribution in [0.5, 0.6) is 0 Å². The number of hydrogen-bond donors (Lipinski definition) is 1. The lowest BCUT2D eigenvalue weighted by Gasteiger charge is -2.32. The Balaban J connectivity index is 2.35. The Bertz CT molecular complexity index is 97.1. The first-order chi connectivity index (χ1) is 4.20. The molecule has 0 bridgehead atoms. The number of ether oxygens (including phenoxy) is 1. The highest BCUT2D eigenvalue weighted by Crippen LogP contribution is 2.08. The van der Waals surface area contributed by atoms with Crippen LogP contribution in [0.3, 0.4) is 0 Å². The minimum absolute atomic E-state index is 0.179. The molecule has 1 saturated heterocycles. The molecular weight excluding hydrogens is 116 g/mol. The van der Waals surface area contributed by atoms with Gasteiger partial charge in [0.2, 0.25) is 0 Å². The van der Waals surface area contributed by atoms with E-state index in [4.69, 9.17) is 10.5 Å². The quantitative estimate of drug-likeness (QED) is 0.494. The fourth-order valence-electron chi connectivity index (χ4n) is 1.04. The molecule has 0 amide bonds. The molecular formula is C6H14N2O. The van der Waals surface area contributed by atoms with Gasteiger partial charge in [-0.15, -0.1) is 0 Å². The third-order valence-electron chi connectivity index (χ3n) is 1.59. The van der Waals surface area contributed by atoms with E-state index < -0.39 is 0 Å². The van der Waals surface area contributed by atoms with Gasteiger partial charge in [-0.3, -0.25) is 10.6 Å². The zero-order valence-electron chi connectivity index (χ0n) is 6.00. The summed E-state index contributed by atoms with van der Waals surface area (Å²) in [4.78, 5) is 2.01. The van der Waals surface area contributed by atoms with Crippen molar-refractivity contribution in [2.75, 3.05) is 20.2 Å². The third kappa shape index (κ3) is 1.64. The number of nitrogens with two attached hydrogens (primary N) is 1. The summed E-state index contributed by atoms with van der Waals surface area (Å²) in [5, 5.41) is 0. The molecule has 3 heteroatoms. The molecule has 54 valence electrons. The van der Waals surface area contributed by atoms with E-state index in [0.29, 0.717) is 5.92 Å². The van der Waals surface area contributed by atoms with Crippen LogP contribution in [-0.2, 0) is 4.74 Å². The fourth-order valence-corrected chi connectivity index (χ4v) is 1.04. The van der Waals surface area contributed by atoms with E-state index in [1.54, 1.807) is 0 Å². The van der Waals surface area contributed by atoms with Crippen molar-refractivity contribution in [1.82, 2.24) is 4.90 Å². The second-order valence-electron chi connectivity index (χ2n) is 2.77. The maximum atomic E-state index is 5.54. The highest BCUT2D eigenvalue weighted by Gasteiger charge is 2.19. The molecule has 1 fully saturated rings. The van der Waals surface area contributed by atoms with Crippen molar-refractivity contribution in [2.45, 2.75) is 13.3 Å². The Morgan fingerprint density at radius 2 is 2.33 bits per heavy atom. The van der Waals surface area contributed by atoms with E-state index in [0.717, 1.165) is 13.2 Å². The molecule has 0 radical (unpaired) electrons. The Morgan fingerprint density at radius 1 is 1.67 bits per heavy atom. The predicted molar refractivity (Wildman–Crippen MR) is 35.7 cm³/mol. The molecule has 1 aliphatic heterocycles. The van der Waals surface area contributed by atoms with E-state index in [1.165, 1.54) is 0 Å². The maximum absolute atomic E-state index is 5.54. The van der Waals surface area contributed by atoms with Crippen LogP contribution in [-0.4, -0.2) is 31.5 Å². The fraction of sp³-hybridized carbons (Fsp3) is 1.00. The van der Waals surface area contributed by atoms with E-state index in [1.807, 2.05) is 11.9 Å². The van der Waals surface area contributed by atoms with Crippen molar-refractivity contribution in [2.24, 2.45) is 11.7 Å². The van der Waals surface area contributed by atoms with Gasteiger partial charge in [-0.2, -0.15) is 0 Å². The average molecular weight is 130 g/mol. The van der Waals surface area contributed by atoms with Crippen LogP contribution in [0.2, 0.25) is 0 Å². The van der Waals surface area contributed by atoms with E-state index in [9.17, 15) is 0 Å². The second kappa shape index (κ2) is 2.64. The van der Waals surface area contributed by atoms with Crippen molar-refractivity contribution < 1.29 is 4.74 Å². The highest BCUT2D eigenvalue weighted by atomic mass is 16.5. The van der Waals surface area contributed by atoms with Gasteiger partial charge in [0.05, 0.1) is 6.61 Å². The molecule has 1 aliphatic rings. The van der Waals surface area contributed by atoms with Crippen LogP contribution in [0.15, 0.2) is 0 Å². The van der Waals surface area contributed by atoms with Gasteiger partial charge in [0.25, 0.3) is 0 Å². The maximum Gasteiger partial charge on any atom is 0.163 e. The predicted octanol–water partition coefficient (Wildman–Crippen LogP) is -0.173. The van der Waals surface area contributed by atoms with Gasteiger partial charge < -0.3 is 4.74 Å². The van der Waals surface area contributed by atoms with Gasteiger partial charge in [0.1, 0.15) is 0 Å². The van der Waals surface area contributed by atoms with Crippen molar-refractivity contribution in [1.29, 1.82) is 0 Å². The second-order valence-corrected chi connectivity index (χ2v) is 2.77. The smallest absolute Gasteiger partial charge is 0.163 e. The molecule has 1 rings (SSSR count). The van der Waals surface area contributed by atoms with Crippen LogP contribution in [0.25, 0.3) is 0 Å². The lowest BCUT2D eigenvalue weighted by molar-refractivity contribution is -0.101. The molecule has 0 spiro atoms. The Morgan fingerprint density at radius 3 is 2.78 bits per heavy atom. The summed E-state index contributed by atoms with van der Waals surface area (Å²) in [6.45, 7) is 4.00. The number of rotatable bonds is 0. The highest BCUT2D eigenvalue weighted by molar-refractivity contribution is 4.64. The van der Waals surface area contributed by atoms with Crippen molar-refractivity contribution in [3.05, 3.63) is 0 Å². The summed E-state index contributed by atoms with van der Waals surface area (Å²) < 4.78 is 5.21. The van der Waals surface area contributed by atoms with Crippen molar-refractivity contribution in [3.8, 4) is 0 Å². The summed E-state index contributed by atoms with van der Waals surface area (Å²) in [5.74, 6) is 0.620. The molecule has 0 aromatic heterocycles. The van der Waals surface area contributed by atoms with Gasteiger partial charge >= 0.3 is 0 Å². The van der Waals surface area contributed by atoms with Crippen LogP contribution < -0.4 is 5.73 Å². The van der Waals surface area contributed by atoms with Crippen LogP contribution >= 0.6 is 0 Å². The minimum atomic E-state index is -0.179. The summed E-state index contributed by atoms with van der Waals surface area (Å²) in [6.07, 6.45) is -0.179. The lowest BCUT2D eigenvalue weighted by Crippen LogP contribution is -2.48. The standard InChI is InChI=1S/C6H14N2O/c1-5-3-8(2)6(7)9-4-5/h5-6H,3-4,7H2,1-2H3/t5-,6-/m1/s1. The van der Waals surface area contributed by atoms with Crippen molar-refractivity contribution in [3.63, 3.8) is 0 Å². The molecule has 3 nitrogen and oxygen atoms in total. The lowest BCUT2D eigenvalue weighted by atomic mass is 10.2. The number of hydrogen-bond acceptors (Lipinski definition) is 3. The minimum Gasteiger partial charge on any atom is -0.350 e. The molecule has 0 aliphatic carbocycles. The zero-order valence-corrected chi connectivity index (χ0v) is 6.00. The Kier molecular flexibility index (Phi) is 2.05. The van der Waals surface area contributed by atoms with Crippen LogP contribution in [0, 0.1) is 5.92 Å². The van der Waals surface area contributed by atoms with Gasteiger partial charge in [-0.05, 0) is 13.0 Å². The summed E-state index contributed by atoms with van der Waals surface area (Å²) in [6, 6.07) is 0. The van der Waals surface area contributed by atoms with Gasteiger partial charge in [-0.1, -0.05) is 6.92 Å². The summed E-state index contributed by atoms with van der Waals surface area (Å²) in [7, 11) is 1.97. The molecule has 0 unspecified atom stereocenters. The first-order valence-corrected chi connectivity index (χ1v) is 3.27. The van der Waals surface area contributed by atoms with E-state index >= 15 is 0 Å². The monoisotopic (exact) mass is 130 g/mol. The summed E-state index contributed by atoms with van der Waals surface area (Å²) >= 11 is 0. The van der Waals surface area contributed by atoms with Crippen LogP contribution in [0.4, 0.5) is 0 Å². The molecule has 2 atom stereocenters. The number of nitrogens with zero attached hydrogens (tertiary/aromatic N) is 1. The van der Waals surface area contributed by atoms with E-state index in [-0.39, 0.29) is 6.35 Å². The average Bonchev–Trinajstić information content (AvgIpc) is 1.80. The molecule has 0 aromatic rings. The molecule has 1 heterocycles. The first kappa shape index (κ1) is 6.99.